The maximum atomic E-state index is 13.3. The predicted molar refractivity (Wildman–Crippen MR) is 84.3 cm³/mol. The lowest BCUT2D eigenvalue weighted by atomic mass is 10.3. The molecule has 114 valence electrons. The minimum atomic E-state index is -0.704. The Balaban J connectivity index is 1.67. The first-order valence-corrected chi connectivity index (χ1v) is 7.97. The van der Waals surface area contributed by atoms with E-state index < -0.39 is 6.17 Å². The van der Waals surface area contributed by atoms with E-state index in [1.807, 2.05) is 6.07 Å². The Kier molecular flexibility index (Phi) is 3.31. The van der Waals surface area contributed by atoms with Crippen molar-refractivity contribution in [2.75, 3.05) is 18.8 Å². The first-order valence-electron chi connectivity index (χ1n) is 7.15. The van der Waals surface area contributed by atoms with Crippen molar-refractivity contribution in [2.45, 2.75) is 19.1 Å². The Morgan fingerprint density at radius 1 is 1.45 bits per heavy atom. The zero-order valence-corrected chi connectivity index (χ0v) is 12.6. The lowest BCUT2D eigenvalue weighted by Crippen LogP contribution is -2.19. The van der Waals surface area contributed by atoms with E-state index in [0.717, 1.165) is 28.2 Å². The Morgan fingerprint density at radius 3 is 3.09 bits per heavy atom. The zero-order chi connectivity index (χ0) is 15.1. The van der Waals surface area contributed by atoms with Gasteiger partial charge in [0.1, 0.15) is 16.8 Å². The van der Waals surface area contributed by atoms with E-state index in [4.69, 9.17) is 10.2 Å². The maximum absolute atomic E-state index is 13.3. The number of nitrogens with zero attached hydrogens (tertiary/aromatic N) is 3. The van der Waals surface area contributed by atoms with Crippen molar-refractivity contribution in [3.8, 4) is 11.6 Å². The number of hydrogen-bond donors (Lipinski definition) is 1. The van der Waals surface area contributed by atoms with Gasteiger partial charge in [0.25, 0.3) is 0 Å². The van der Waals surface area contributed by atoms with E-state index in [0.29, 0.717) is 30.4 Å². The fourth-order valence-electron chi connectivity index (χ4n) is 2.74. The number of furan rings is 1. The minimum absolute atomic E-state index is 0.448. The summed E-state index contributed by atoms with van der Waals surface area (Å²) in [5.74, 6) is 1.54. The quantitative estimate of drug-likeness (QED) is 0.804. The lowest BCUT2D eigenvalue weighted by molar-refractivity contribution is 0.284. The maximum Gasteiger partial charge on any atom is 0.199 e. The molecule has 0 aliphatic carbocycles. The minimum Gasteiger partial charge on any atom is -0.461 e. The van der Waals surface area contributed by atoms with E-state index in [2.05, 4.69) is 14.9 Å². The van der Waals surface area contributed by atoms with Crippen LogP contribution in [0.4, 0.5) is 10.2 Å². The molecule has 0 radical (unpaired) electrons. The zero-order valence-electron chi connectivity index (χ0n) is 11.8. The monoisotopic (exact) mass is 318 g/mol. The van der Waals surface area contributed by atoms with Gasteiger partial charge >= 0.3 is 0 Å². The number of nitrogens with two attached hydrogens (primary N) is 1. The summed E-state index contributed by atoms with van der Waals surface area (Å²) in [6, 6.07) is 5.60. The molecule has 0 spiro atoms. The SMILES string of the molecule is Nc1nc(-c2ccco2)nc2sc(CN3CCC(F)C3)cc12. The average Bonchev–Trinajstić information content (AvgIpc) is 3.19. The first-order chi connectivity index (χ1) is 10.7. The molecule has 1 aliphatic heterocycles. The first kappa shape index (κ1) is 13.7. The fraction of sp³-hybridized carbons (Fsp3) is 0.333. The van der Waals surface area contributed by atoms with Crippen LogP contribution in [0, 0.1) is 0 Å². The highest BCUT2D eigenvalue weighted by Crippen LogP contribution is 2.31. The highest BCUT2D eigenvalue weighted by Gasteiger charge is 2.22. The number of halogens is 1. The standard InChI is InChI=1S/C15H15FN4OS/c16-9-3-4-20(7-9)8-10-6-11-13(17)18-14(19-15(11)22-10)12-2-1-5-21-12/h1-2,5-6,9H,3-4,7-8H2,(H2,17,18,19). The molecule has 22 heavy (non-hydrogen) atoms. The molecule has 5 nitrogen and oxygen atoms in total. The van der Waals surface area contributed by atoms with Crippen LogP contribution in [0.1, 0.15) is 11.3 Å². The van der Waals surface area contributed by atoms with Crippen LogP contribution < -0.4 is 5.73 Å². The Labute approximate surface area is 130 Å². The number of anilines is 1. The van der Waals surface area contributed by atoms with Gasteiger partial charge in [-0.15, -0.1) is 11.3 Å². The highest BCUT2D eigenvalue weighted by molar-refractivity contribution is 7.18. The third kappa shape index (κ3) is 2.46. The van der Waals surface area contributed by atoms with Crippen molar-refractivity contribution in [3.63, 3.8) is 0 Å². The van der Waals surface area contributed by atoms with Crippen LogP contribution in [-0.2, 0) is 6.54 Å². The van der Waals surface area contributed by atoms with Crippen LogP contribution in [0.25, 0.3) is 21.8 Å². The molecule has 0 saturated carbocycles. The van der Waals surface area contributed by atoms with E-state index in [1.165, 1.54) is 0 Å². The van der Waals surface area contributed by atoms with Crippen LogP contribution in [0.5, 0.6) is 0 Å². The summed E-state index contributed by atoms with van der Waals surface area (Å²) in [6.45, 7) is 2.04. The van der Waals surface area contributed by atoms with Gasteiger partial charge < -0.3 is 10.2 Å². The van der Waals surface area contributed by atoms with Crippen LogP contribution >= 0.6 is 11.3 Å². The second kappa shape index (κ2) is 5.33. The van der Waals surface area contributed by atoms with Crippen molar-refractivity contribution in [3.05, 3.63) is 29.3 Å². The molecule has 1 atom stereocenters. The molecule has 4 heterocycles. The lowest BCUT2D eigenvalue weighted by Gasteiger charge is -2.12. The van der Waals surface area contributed by atoms with Crippen molar-refractivity contribution in [1.82, 2.24) is 14.9 Å². The molecule has 3 aromatic rings. The molecular weight excluding hydrogens is 303 g/mol. The molecule has 2 N–H and O–H groups in total. The van der Waals surface area contributed by atoms with Gasteiger partial charge in [-0.3, -0.25) is 4.90 Å². The number of aromatic nitrogens is 2. The van der Waals surface area contributed by atoms with Crippen LogP contribution in [0.3, 0.4) is 0 Å². The van der Waals surface area contributed by atoms with E-state index in [1.54, 1.807) is 29.7 Å². The van der Waals surface area contributed by atoms with Gasteiger partial charge in [0.2, 0.25) is 0 Å². The van der Waals surface area contributed by atoms with E-state index in [-0.39, 0.29) is 0 Å². The molecule has 1 aliphatic rings. The fourth-order valence-corrected chi connectivity index (χ4v) is 3.81. The number of fused-ring (bicyclic) bond motifs is 1. The smallest absolute Gasteiger partial charge is 0.199 e. The van der Waals surface area contributed by atoms with Crippen LogP contribution in [0.2, 0.25) is 0 Å². The van der Waals surface area contributed by atoms with Gasteiger partial charge in [-0.25, -0.2) is 14.4 Å². The van der Waals surface area contributed by atoms with Crippen LogP contribution in [0.15, 0.2) is 28.9 Å². The number of thiophene rings is 1. The third-order valence-corrected chi connectivity index (χ3v) is 4.82. The predicted octanol–water partition coefficient (Wildman–Crippen LogP) is 3.08. The van der Waals surface area contributed by atoms with E-state index in [9.17, 15) is 4.39 Å². The molecule has 4 rings (SSSR count). The summed E-state index contributed by atoms with van der Waals surface area (Å²) in [5.41, 5.74) is 6.05. The highest BCUT2D eigenvalue weighted by atomic mass is 32.1. The summed E-state index contributed by atoms with van der Waals surface area (Å²) in [4.78, 5) is 12.9. The number of likely N-dealkylation sites (tertiary alicyclic amines) is 1. The van der Waals surface area contributed by atoms with Crippen molar-refractivity contribution in [2.24, 2.45) is 0 Å². The van der Waals surface area contributed by atoms with Gasteiger partial charge in [0, 0.05) is 24.5 Å². The molecule has 3 aromatic heterocycles. The largest absolute Gasteiger partial charge is 0.461 e. The van der Waals surface area contributed by atoms with E-state index >= 15 is 0 Å². The average molecular weight is 318 g/mol. The number of rotatable bonds is 3. The van der Waals surface area contributed by atoms with Gasteiger partial charge in [0.05, 0.1) is 11.6 Å². The Morgan fingerprint density at radius 2 is 2.36 bits per heavy atom. The number of alkyl halides is 1. The summed E-state index contributed by atoms with van der Waals surface area (Å²) in [7, 11) is 0. The molecule has 1 fully saturated rings. The molecular formula is C15H15FN4OS. The van der Waals surface area contributed by atoms with Crippen molar-refractivity contribution in [1.29, 1.82) is 0 Å². The number of hydrogen-bond acceptors (Lipinski definition) is 6. The Bertz CT molecular complexity index is 801. The molecule has 1 unspecified atom stereocenters. The summed E-state index contributed by atoms with van der Waals surface area (Å²) in [6.07, 6.45) is 1.50. The third-order valence-electron chi connectivity index (χ3n) is 3.81. The summed E-state index contributed by atoms with van der Waals surface area (Å²) < 4.78 is 18.6. The topological polar surface area (TPSA) is 68.2 Å². The van der Waals surface area contributed by atoms with Gasteiger partial charge in [0.15, 0.2) is 11.6 Å². The molecule has 7 heteroatoms. The second-order valence-electron chi connectivity index (χ2n) is 5.46. The second-order valence-corrected chi connectivity index (χ2v) is 6.58. The van der Waals surface area contributed by atoms with Gasteiger partial charge in [-0.2, -0.15) is 0 Å². The van der Waals surface area contributed by atoms with Crippen molar-refractivity contribution >= 4 is 27.4 Å². The normalized spacial score (nSPS) is 19.2. The van der Waals surface area contributed by atoms with Gasteiger partial charge in [-0.05, 0) is 24.6 Å². The summed E-state index contributed by atoms with van der Waals surface area (Å²) in [5, 5.41) is 0.853. The van der Waals surface area contributed by atoms with Gasteiger partial charge in [-0.1, -0.05) is 0 Å². The number of nitrogen functional groups attached to an aromatic ring is 1. The molecule has 0 amide bonds. The molecule has 0 bridgehead atoms. The molecule has 1 saturated heterocycles. The molecule has 0 aromatic carbocycles. The van der Waals surface area contributed by atoms with Crippen LogP contribution in [-0.4, -0.2) is 34.1 Å². The summed E-state index contributed by atoms with van der Waals surface area (Å²) >= 11 is 1.57. The Hall–Kier alpha value is -1.99. The van der Waals surface area contributed by atoms with Crippen molar-refractivity contribution < 1.29 is 8.81 Å².